The van der Waals surface area contributed by atoms with Gasteiger partial charge in [-0.1, -0.05) is 0 Å². The zero-order chi connectivity index (χ0) is 12.4. The highest BCUT2D eigenvalue weighted by atomic mass is 16.5. The summed E-state index contributed by atoms with van der Waals surface area (Å²) in [7, 11) is 0. The Bertz CT molecular complexity index is 623. The van der Waals surface area contributed by atoms with E-state index in [4.69, 9.17) is 4.74 Å². The molecule has 2 heterocycles. The number of nitrogens with zero attached hydrogens (tertiary/aromatic N) is 1. The van der Waals surface area contributed by atoms with Crippen LogP contribution in [0.15, 0.2) is 48.7 Å². The predicted molar refractivity (Wildman–Crippen MR) is 72.7 cm³/mol. The van der Waals surface area contributed by atoms with E-state index in [1.54, 1.807) is 6.20 Å². The number of pyridine rings is 1. The Morgan fingerprint density at radius 1 is 1.17 bits per heavy atom. The highest BCUT2D eigenvalue weighted by Crippen LogP contribution is 2.24. The molecule has 0 aliphatic carbocycles. The topological polar surface area (TPSA) is 37.9 Å². The second-order valence-electron chi connectivity index (χ2n) is 4.08. The van der Waals surface area contributed by atoms with E-state index in [0.717, 1.165) is 28.0 Å². The third-order valence-electron chi connectivity index (χ3n) is 2.87. The molecule has 0 radical (unpaired) electrons. The van der Waals surface area contributed by atoms with Crippen LogP contribution in [0.3, 0.4) is 0 Å². The van der Waals surface area contributed by atoms with Gasteiger partial charge in [-0.2, -0.15) is 0 Å². The van der Waals surface area contributed by atoms with Crippen LogP contribution in [0, 0.1) is 0 Å². The van der Waals surface area contributed by atoms with Gasteiger partial charge in [-0.3, -0.25) is 0 Å². The van der Waals surface area contributed by atoms with E-state index in [9.17, 15) is 0 Å². The number of nitrogens with one attached hydrogen (secondary N) is 1. The molecule has 0 saturated carbocycles. The first kappa shape index (κ1) is 10.8. The number of aromatic nitrogens is 2. The Morgan fingerprint density at radius 2 is 2.00 bits per heavy atom. The average molecular weight is 238 g/mol. The second kappa shape index (κ2) is 4.53. The molecule has 90 valence electrons. The lowest BCUT2D eigenvalue weighted by Crippen LogP contribution is -1.90. The van der Waals surface area contributed by atoms with E-state index < -0.39 is 0 Å². The van der Waals surface area contributed by atoms with Crippen molar-refractivity contribution in [2.24, 2.45) is 0 Å². The van der Waals surface area contributed by atoms with Crippen molar-refractivity contribution >= 4 is 11.0 Å². The minimum atomic E-state index is 0.690. The quantitative estimate of drug-likeness (QED) is 0.756. The Balaban J connectivity index is 1.98. The lowest BCUT2D eigenvalue weighted by atomic mass is 10.1. The monoisotopic (exact) mass is 238 g/mol. The Hall–Kier alpha value is -2.29. The van der Waals surface area contributed by atoms with Gasteiger partial charge in [0.05, 0.1) is 6.61 Å². The summed E-state index contributed by atoms with van der Waals surface area (Å²) in [5.41, 5.74) is 3.13. The van der Waals surface area contributed by atoms with Gasteiger partial charge in [0, 0.05) is 17.3 Å². The number of benzene rings is 1. The summed E-state index contributed by atoms with van der Waals surface area (Å²) in [4.78, 5) is 7.61. The van der Waals surface area contributed by atoms with Crippen LogP contribution in [0.1, 0.15) is 6.92 Å². The number of hydrogen-bond acceptors (Lipinski definition) is 2. The molecule has 0 atom stereocenters. The molecule has 0 unspecified atom stereocenters. The first-order valence-electron chi connectivity index (χ1n) is 6.04. The fourth-order valence-electron chi connectivity index (χ4n) is 2.01. The van der Waals surface area contributed by atoms with Crippen molar-refractivity contribution in [1.82, 2.24) is 9.97 Å². The van der Waals surface area contributed by atoms with E-state index in [0.29, 0.717) is 6.61 Å². The van der Waals surface area contributed by atoms with E-state index in [1.165, 1.54) is 0 Å². The van der Waals surface area contributed by atoms with Gasteiger partial charge in [-0.05, 0) is 55.0 Å². The Labute approximate surface area is 105 Å². The normalized spacial score (nSPS) is 10.7. The third-order valence-corrected chi connectivity index (χ3v) is 2.87. The van der Waals surface area contributed by atoms with Crippen LogP contribution in [0.2, 0.25) is 0 Å². The number of hydrogen-bond donors (Lipinski definition) is 1. The summed E-state index contributed by atoms with van der Waals surface area (Å²) in [6.07, 6.45) is 1.79. The summed E-state index contributed by atoms with van der Waals surface area (Å²) in [6, 6.07) is 14.2. The predicted octanol–water partition coefficient (Wildman–Crippen LogP) is 3.63. The third kappa shape index (κ3) is 1.95. The first-order chi connectivity index (χ1) is 8.86. The van der Waals surface area contributed by atoms with Crippen molar-refractivity contribution in [1.29, 1.82) is 0 Å². The minimum Gasteiger partial charge on any atom is -0.494 e. The van der Waals surface area contributed by atoms with Gasteiger partial charge >= 0.3 is 0 Å². The standard InChI is InChI=1S/C15H14N2O/c1-2-18-13-7-5-11(6-8-13)14-10-12-4-3-9-16-15(12)17-14/h3-10H,2H2,1H3,(H,16,17). The van der Waals surface area contributed by atoms with Gasteiger partial charge in [0.25, 0.3) is 0 Å². The maximum Gasteiger partial charge on any atom is 0.137 e. The molecule has 0 amide bonds. The zero-order valence-corrected chi connectivity index (χ0v) is 10.2. The lowest BCUT2D eigenvalue weighted by Gasteiger charge is -2.03. The van der Waals surface area contributed by atoms with Crippen LogP contribution in [0.25, 0.3) is 22.3 Å². The molecule has 3 rings (SSSR count). The van der Waals surface area contributed by atoms with Crippen molar-refractivity contribution in [3.8, 4) is 17.0 Å². The van der Waals surface area contributed by atoms with Crippen LogP contribution in [0.4, 0.5) is 0 Å². The number of H-pyrrole nitrogens is 1. The highest BCUT2D eigenvalue weighted by molar-refractivity contribution is 5.82. The Kier molecular flexibility index (Phi) is 2.73. The molecule has 0 fully saturated rings. The molecule has 3 nitrogen and oxygen atoms in total. The van der Waals surface area contributed by atoms with Gasteiger partial charge in [0.15, 0.2) is 0 Å². The van der Waals surface area contributed by atoms with Crippen molar-refractivity contribution < 1.29 is 4.74 Å². The van der Waals surface area contributed by atoms with E-state index in [1.807, 2.05) is 25.1 Å². The van der Waals surface area contributed by atoms with Crippen molar-refractivity contribution in [3.63, 3.8) is 0 Å². The van der Waals surface area contributed by atoms with Crippen molar-refractivity contribution in [3.05, 3.63) is 48.7 Å². The number of ether oxygens (including phenoxy) is 1. The van der Waals surface area contributed by atoms with Crippen LogP contribution in [0.5, 0.6) is 5.75 Å². The maximum absolute atomic E-state index is 5.43. The average Bonchev–Trinajstić information content (AvgIpc) is 2.84. The molecule has 1 aromatic carbocycles. The van der Waals surface area contributed by atoms with Gasteiger partial charge in [0.2, 0.25) is 0 Å². The van der Waals surface area contributed by atoms with Crippen molar-refractivity contribution in [2.45, 2.75) is 6.92 Å². The van der Waals surface area contributed by atoms with Crippen molar-refractivity contribution in [2.75, 3.05) is 6.61 Å². The van der Waals surface area contributed by atoms with Gasteiger partial charge in [-0.15, -0.1) is 0 Å². The molecule has 2 aromatic heterocycles. The molecule has 0 spiro atoms. The maximum atomic E-state index is 5.43. The number of rotatable bonds is 3. The smallest absolute Gasteiger partial charge is 0.137 e. The van der Waals surface area contributed by atoms with Crippen LogP contribution < -0.4 is 4.74 Å². The summed E-state index contributed by atoms with van der Waals surface area (Å²) in [5.74, 6) is 0.899. The van der Waals surface area contributed by atoms with Gasteiger partial charge < -0.3 is 9.72 Å². The van der Waals surface area contributed by atoms with E-state index in [-0.39, 0.29) is 0 Å². The van der Waals surface area contributed by atoms with Crippen LogP contribution in [-0.4, -0.2) is 16.6 Å². The lowest BCUT2D eigenvalue weighted by molar-refractivity contribution is 0.340. The number of aromatic amines is 1. The summed E-state index contributed by atoms with van der Waals surface area (Å²) in [5, 5.41) is 1.13. The summed E-state index contributed by atoms with van der Waals surface area (Å²) >= 11 is 0. The SMILES string of the molecule is CCOc1ccc(-c2cc3cccnc3[nH]2)cc1. The van der Waals surface area contributed by atoms with E-state index in [2.05, 4.69) is 34.2 Å². The van der Waals surface area contributed by atoms with E-state index >= 15 is 0 Å². The first-order valence-corrected chi connectivity index (χ1v) is 6.04. The molecule has 1 N–H and O–H groups in total. The summed E-state index contributed by atoms with van der Waals surface area (Å²) < 4.78 is 5.43. The molecule has 0 aliphatic heterocycles. The summed E-state index contributed by atoms with van der Waals surface area (Å²) in [6.45, 7) is 2.67. The van der Waals surface area contributed by atoms with Gasteiger partial charge in [-0.25, -0.2) is 4.98 Å². The molecule has 0 saturated heterocycles. The van der Waals surface area contributed by atoms with Crippen LogP contribution >= 0.6 is 0 Å². The second-order valence-corrected chi connectivity index (χ2v) is 4.08. The zero-order valence-electron chi connectivity index (χ0n) is 10.2. The minimum absolute atomic E-state index is 0.690. The Morgan fingerprint density at radius 3 is 2.72 bits per heavy atom. The molecular weight excluding hydrogens is 224 g/mol. The molecule has 3 aromatic rings. The molecule has 0 aliphatic rings. The van der Waals surface area contributed by atoms with Crippen LogP contribution in [-0.2, 0) is 0 Å². The fraction of sp³-hybridized carbons (Fsp3) is 0.133. The number of fused-ring (bicyclic) bond motifs is 1. The van der Waals surface area contributed by atoms with Gasteiger partial charge in [0.1, 0.15) is 11.4 Å². The molecule has 3 heteroatoms. The highest BCUT2D eigenvalue weighted by Gasteiger charge is 2.03. The molecule has 18 heavy (non-hydrogen) atoms. The fourth-order valence-corrected chi connectivity index (χ4v) is 2.01. The molecular formula is C15H14N2O. The molecule has 0 bridgehead atoms. The largest absolute Gasteiger partial charge is 0.494 e.